The Kier molecular flexibility index (Phi) is 6.81. The number of nitrogens with zero attached hydrogens (tertiary/aromatic N) is 3. The Bertz CT molecular complexity index is 854. The molecule has 3 N–H and O–H groups in total. The van der Waals surface area contributed by atoms with E-state index < -0.39 is 42.4 Å². The van der Waals surface area contributed by atoms with Gasteiger partial charge in [-0.3, -0.25) is 0 Å². The Hall–Kier alpha value is -1.40. The van der Waals surface area contributed by atoms with Crippen molar-refractivity contribution in [3.63, 3.8) is 0 Å². The summed E-state index contributed by atoms with van der Waals surface area (Å²) in [6.07, 6.45) is -1.68. The Morgan fingerprint density at radius 3 is 2.71 bits per heavy atom. The highest BCUT2D eigenvalue weighted by Gasteiger charge is 2.47. The third-order valence-electron chi connectivity index (χ3n) is 4.27. The van der Waals surface area contributed by atoms with Crippen LogP contribution in [0, 0.1) is 0 Å². The van der Waals surface area contributed by atoms with Crippen molar-refractivity contribution in [1.29, 1.82) is 0 Å². The summed E-state index contributed by atoms with van der Waals surface area (Å²) >= 11 is 13.3. The first-order valence-corrected chi connectivity index (χ1v) is 9.73. The number of carbonyl (C=O) groups is 1. The first kappa shape index (κ1) is 21.3. The summed E-state index contributed by atoms with van der Waals surface area (Å²) < 4.78 is 12.6. The van der Waals surface area contributed by atoms with E-state index in [4.69, 9.17) is 37.8 Å². The van der Waals surface area contributed by atoms with E-state index in [0.29, 0.717) is 10.0 Å². The monoisotopic (exact) mass is 449 g/mol. The molecule has 1 aromatic carbocycles. The number of aliphatic hydroxyl groups excluding tert-OH is 2. The first-order chi connectivity index (χ1) is 13.3. The predicted molar refractivity (Wildman–Crippen MR) is 101 cm³/mol. The predicted octanol–water partition coefficient (Wildman–Crippen LogP) is 1.71. The lowest BCUT2D eigenvalue weighted by Gasteiger charge is -2.43. The van der Waals surface area contributed by atoms with E-state index in [0.717, 1.165) is 4.90 Å². The van der Waals surface area contributed by atoms with Crippen LogP contribution in [-0.4, -0.2) is 73.7 Å². The van der Waals surface area contributed by atoms with Crippen molar-refractivity contribution in [2.45, 2.75) is 34.7 Å². The van der Waals surface area contributed by atoms with Gasteiger partial charge in [-0.05, 0) is 18.2 Å². The number of ether oxygens (including phenoxy) is 2. The molecule has 2 aromatic rings. The van der Waals surface area contributed by atoms with E-state index in [2.05, 4.69) is 10.3 Å². The Morgan fingerprint density at radius 2 is 2.14 bits per heavy atom. The highest BCUT2D eigenvalue weighted by atomic mass is 35.5. The van der Waals surface area contributed by atoms with Crippen LogP contribution in [0.25, 0.3) is 0 Å². The van der Waals surface area contributed by atoms with E-state index in [1.807, 2.05) is 0 Å². The molecule has 12 heteroatoms. The Morgan fingerprint density at radius 1 is 1.39 bits per heavy atom. The van der Waals surface area contributed by atoms with Crippen LogP contribution in [0.15, 0.2) is 29.3 Å². The van der Waals surface area contributed by atoms with Gasteiger partial charge in [0.25, 0.3) is 0 Å². The minimum atomic E-state index is -1.25. The van der Waals surface area contributed by atoms with Crippen LogP contribution < -0.4 is 0 Å². The summed E-state index contributed by atoms with van der Waals surface area (Å²) in [4.78, 5) is 11.8. The third-order valence-corrected chi connectivity index (χ3v) is 6.15. The van der Waals surface area contributed by atoms with Crippen molar-refractivity contribution in [1.82, 2.24) is 15.0 Å². The van der Waals surface area contributed by atoms with Gasteiger partial charge in [0.05, 0.1) is 22.8 Å². The van der Waals surface area contributed by atoms with Crippen LogP contribution >= 0.6 is 35.0 Å². The number of hydrogen-bond acceptors (Lipinski definition) is 8. The Balaban J connectivity index is 1.93. The SMILES string of the molecule is CO[C@@H]1[C@@H](n2cc(C(=O)O)nn2)[C@@H](O)[C@@H](CO)O[C@@H]1Sc1ccc(Cl)c(Cl)c1. The van der Waals surface area contributed by atoms with Gasteiger partial charge >= 0.3 is 5.97 Å². The number of thioether (sulfide) groups is 1. The molecule has 0 spiro atoms. The second-order valence-electron chi connectivity index (χ2n) is 5.99. The van der Waals surface area contributed by atoms with Crippen molar-refractivity contribution in [2.75, 3.05) is 13.7 Å². The zero-order valence-electron chi connectivity index (χ0n) is 14.5. The lowest BCUT2D eigenvalue weighted by molar-refractivity contribution is -0.186. The van der Waals surface area contributed by atoms with Gasteiger partial charge in [0.2, 0.25) is 0 Å². The summed E-state index contributed by atoms with van der Waals surface area (Å²) in [5.74, 6) is -1.25. The van der Waals surface area contributed by atoms with Crippen LogP contribution in [0.2, 0.25) is 10.0 Å². The number of benzene rings is 1. The molecule has 5 atom stereocenters. The van der Waals surface area contributed by atoms with Gasteiger partial charge in [-0.15, -0.1) is 5.10 Å². The average Bonchev–Trinajstić information content (AvgIpc) is 3.15. The van der Waals surface area contributed by atoms with Crippen LogP contribution in [0.5, 0.6) is 0 Å². The molecule has 0 bridgehead atoms. The molecule has 152 valence electrons. The summed E-state index contributed by atoms with van der Waals surface area (Å²) in [5.41, 5.74) is -0.937. The maximum absolute atomic E-state index is 11.1. The Labute approximate surface area is 174 Å². The number of aromatic nitrogens is 3. The number of aromatic carboxylic acids is 1. The molecule has 0 unspecified atom stereocenters. The lowest BCUT2D eigenvalue weighted by Crippen LogP contribution is -2.55. The van der Waals surface area contributed by atoms with Crippen LogP contribution in [0.1, 0.15) is 16.5 Å². The third kappa shape index (κ3) is 4.28. The fourth-order valence-electron chi connectivity index (χ4n) is 2.91. The molecule has 1 aliphatic rings. The van der Waals surface area contributed by atoms with Gasteiger partial charge in [-0.2, -0.15) is 0 Å². The number of hydrogen-bond donors (Lipinski definition) is 3. The first-order valence-electron chi connectivity index (χ1n) is 8.09. The van der Waals surface area contributed by atoms with Gasteiger partial charge < -0.3 is 24.8 Å². The molecule has 1 aromatic heterocycles. The summed E-state index contributed by atoms with van der Waals surface area (Å²) in [6, 6.07) is 4.22. The van der Waals surface area contributed by atoms with Crippen molar-refractivity contribution in [3.8, 4) is 0 Å². The second kappa shape index (κ2) is 8.95. The molecule has 9 nitrogen and oxygen atoms in total. The van der Waals surface area contributed by atoms with Crippen LogP contribution in [-0.2, 0) is 9.47 Å². The normalized spacial score (nSPS) is 27.7. The smallest absolute Gasteiger partial charge is 0.358 e. The van der Waals surface area contributed by atoms with Crippen molar-refractivity contribution in [3.05, 3.63) is 40.1 Å². The second-order valence-corrected chi connectivity index (χ2v) is 7.98. The molecule has 0 saturated carbocycles. The number of methoxy groups -OCH3 is 1. The number of carboxylic acids is 1. The molecular formula is C16H17Cl2N3O6S. The number of rotatable bonds is 6. The van der Waals surface area contributed by atoms with Gasteiger partial charge in [-0.25, -0.2) is 9.48 Å². The molecular weight excluding hydrogens is 433 g/mol. The quantitative estimate of drug-likeness (QED) is 0.603. The van der Waals surface area contributed by atoms with Gasteiger partial charge in [0.1, 0.15) is 29.8 Å². The van der Waals surface area contributed by atoms with Crippen molar-refractivity contribution >= 4 is 40.9 Å². The standard InChI is InChI=1S/C16H17Cl2N3O6S/c1-26-14-12(21-5-10(15(24)25)19-20-21)13(23)11(6-22)27-16(14)28-7-2-3-8(17)9(18)4-7/h2-5,11-14,16,22-23H,6H2,1H3,(H,24,25)/t11-,12+,13+,14-,16-/m1/s1. The topological polar surface area (TPSA) is 127 Å². The maximum Gasteiger partial charge on any atom is 0.358 e. The highest BCUT2D eigenvalue weighted by Crippen LogP contribution is 2.40. The van der Waals surface area contributed by atoms with Gasteiger partial charge in [-0.1, -0.05) is 40.2 Å². The minimum Gasteiger partial charge on any atom is -0.476 e. The van der Waals surface area contributed by atoms with Gasteiger partial charge in [0, 0.05) is 12.0 Å². The van der Waals surface area contributed by atoms with E-state index in [9.17, 15) is 15.0 Å². The van der Waals surface area contributed by atoms with E-state index >= 15 is 0 Å². The van der Waals surface area contributed by atoms with Crippen LogP contribution in [0.3, 0.4) is 0 Å². The molecule has 28 heavy (non-hydrogen) atoms. The van der Waals surface area contributed by atoms with Crippen LogP contribution in [0.4, 0.5) is 0 Å². The molecule has 0 amide bonds. The van der Waals surface area contributed by atoms with E-state index in [1.165, 1.54) is 29.8 Å². The van der Waals surface area contributed by atoms with Crippen molar-refractivity contribution < 1.29 is 29.6 Å². The molecule has 1 saturated heterocycles. The van der Waals surface area contributed by atoms with Gasteiger partial charge in [0.15, 0.2) is 5.69 Å². The molecule has 0 aliphatic carbocycles. The zero-order chi connectivity index (χ0) is 20.4. The number of aliphatic hydroxyl groups is 2. The number of halogens is 2. The maximum atomic E-state index is 11.1. The molecule has 2 heterocycles. The van der Waals surface area contributed by atoms with E-state index in [1.54, 1.807) is 18.2 Å². The number of carboxylic acid groups (broad SMARTS) is 1. The largest absolute Gasteiger partial charge is 0.476 e. The fourth-order valence-corrected chi connectivity index (χ4v) is 4.48. The molecule has 3 rings (SSSR count). The molecule has 1 aliphatic heterocycles. The van der Waals surface area contributed by atoms with Crippen molar-refractivity contribution in [2.24, 2.45) is 0 Å². The lowest BCUT2D eigenvalue weighted by atomic mass is 9.97. The highest BCUT2D eigenvalue weighted by molar-refractivity contribution is 7.99. The van der Waals surface area contributed by atoms with E-state index in [-0.39, 0.29) is 5.69 Å². The summed E-state index contributed by atoms with van der Waals surface area (Å²) in [6.45, 7) is -0.451. The zero-order valence-corrected chi connectivity index (χ0v) is 16.8. The summed E-state index contributed by atoms with van der Waals surface area (Å²) in [7, 11) is 1.43. The minimum absolute atomic E-state index is 0.275. The summed E-state index contributed by atoms with van der Waals surface area (Å²) in [5, 5.41) is 37.5. The molecule has 1 fully saturated rings. The molecule has 0 radical (unpaired) electrons. The average molecular weight is 450 g/mol. The fraction of sp³-hybridized carbons (Fsp3) is 0.438.